The molecule has 2 N–H and O–H groups in total. The summed E-state index contributed by atoms with van der Waals surface area (Å²) in [4.78, 5) is 4.48. The highest BCUT2D eigenvalue weighted by molar-refractivity contribution is 7.89. The average molecular weight is 328 g/mol. The topological polar surface area (TPSA) is 71.1 Å². The third-order valence-electron chi connectivity index (χ3n) is 3.58. The molecule has 1 aliphatic heterocycles. The van der Waals surface area contributed by atoms with Gasteiger partial charge in [0, 0.05) is 24.2 Å². The van der Waals surface area contributed by atoms with E-state index in [4.69, 9.17) is 0 Å². The highest BCUT2D eigenvalue weighted by atomic mass is 35.5. The van der Waals surface area contributed by atoms with Crippen LogP contribution >= 0.6 is 12.4 Å². The van der Waals surface area contributed by atoms with Crippen LogP contribution in [-0.4, -0.2) is 32.5 Å². The van der Waals surface area contributed by atoms with E-state index >= 15 is 0 Å². The van der Waals surface area contributed by atoms with Gasteiger partial charge in [0.25, 0.3) is 0 Å². The van der Waals surface area contributed by atoms with Crippen LogP contribution in [0.15, 0.2) is 41.4 Å². The summed E-state index contributed by atoms with van der Waals surface area (Å²) in [5.74, 6) is 0. The summed E-state index contributed by atoms with van der Waals surface area (Å²) < 4.78 is 27.6. The number of nitrogens with zero attached hydrogens (tertiary/aromatic N) is 1. The van der Waals surface area contributed by atoms with E-state index < -0.39 is 10.0 Å². The number of aromatic nitrogens is 1. The Labute approximate surface area is 130 Å². The van der Waals surface area contributed by atoms with E-state index in [1.165, 1.54) is 0 Å². The van der Waals surface area contributed by atoms with Gasteiger partial charge in [0.2, 0.25) is 10.0 Å². The fourth-order valence-electron chi connectivity index (χ4n) is 2.53. The lowest BCUT2D eigenvalue weighted by Gasteiger charge is -2.13. The summed E-state index contributed by atoms with van der Waals surface area (Å²) in [6.07, 6.45) is 3.78. The van der Waals surface area contributed by atoms with Crippen molar-refractivity contribution in [3.63, 3.8) is 0 Å². The van der Waals surface area contributed by atoms with Crippen molar-refractivity contribution in [2.45, 2.75) is 23.8 Å². The predicted molar refractivity (Wildman–Crippen MR) is 85.2 cm³/mol. The van der Waals surface area contributed by atoms with Gasteiger partial charge in [-0.1, -0.05) is 6.07 Å². The van der Waals surface area contributed by atoms with Gasteiger partial charge in [0.05, 0.1) is 10.4 Å². The minimum absolute atomic E-state index is 0. The van der Waals surface area contributed by atoms with Crippen molar-refractivity contribution in [2.75, 3.05) is 13.1 Å². The highest BCUT2D eigenvalue weighted by Crippen LogP contribution is 2.21. The summed E-state index contributed by atoms with van der Waals surface area (Å²) >= 11 is 0. The molecule has 114 valence electrons. The lowest BCUT2D eigenvalue weighted by molar-refractivity contribution is 0.552. The average Bonchev–Trinajstić information content (AvgIpc) is 2.98. The van der Waals surface area contributed by atoms with Crippen molar-refractivity contribution in [1.82, 2.24) is 15.0 Å². The van der Waals surface area contributed by atoms with Crippen LogP contribution in [0.4, 0.5) is 0 Å². The quantitative estimate of drug-likeness (QED) is 0.896. The lowest BCUT2D eigenvalue weighted by atomic mass is 10.2. The zero-order valence-electron chi connectivity index (χ0n) is 11.5. The molecule has 1 aliphatic rings. The van der Waals surface area contributed by atoms with Crippen LogP contribution in [0.2, 0.25) is 0 Å². The zero-order valence-corrected chi connectivity index (χ0v) is 13.1. The summed E-state index contributed by atoms with van der Waals surface area (Å²) in [7, 11) is -3.50. The largest absolute Gasteiger partial charge is 0.313 e. The van der Waals surface area contributed by atoms with Gasteiger partial charge in [-0.05, 0) is 43.7 Å². The van der Waals surface area contributed by atoms with Gasteiger partial charge in [-0.15, -0.1) is 12.4 Å². The van der Waals surface area contributed by atoms with Crippen LogP contribution in [0.3, 0.4) is 0 Å². The van der Waals surface area contributed by atoms with E-state index in [9.17, 15) is 8.42 Å². The maximum atomic E-state index is 12.4. The molecule has 1 atom stereocenters. The number of hydrogen-bond donors (Lipinski definition) is 2. The van der Waals surface area contributed by atoms with Crippen molar-refractivity contribution >= 4 is 33.3 Å². The fourth-order valence-corrected chi connectivity index (χ4v) is 3.82. The Morgan fingerprint density at radius 1 is 1.29 bits per heavy atom. The molecule has 1 aromatic carbocycles. The third kappa shape index (κ3) is 3.52. The SMILES string of the molecule is Cl.O=S(=O)(NCC1CCCN1)c1cccc2ncccc12. The molecule has 21 heavy (non-hydrogen) atoms. The minimum atomic E-state index is -3.50. The van der Waals surface area contributed by atoms with Gasteiger partial charge >= 0.3 is 0 Å². The number of pyridine rings is 1. The van der Waals surface area contributed by atoms with Crippen LogP contribution < -0.4 is 10.0 Å². The molecule has 3 rings (SSSR count). The third-order valence-corrected chi connectivity index (χ3v) is 5.06. The number of halogens is 1. The van der Waals surface area contributed by atoms with Gasteiger partial charge in [-0.25, -0.2) is 13.1 Å². The first-order valence-corrected chi connectivity index (χ1v) is 8.22. The molecule has 0 saturated carbocycles. The Morgan fingerprint density at radius 2 is 2.14 bits per heavy atom. The molecule has 2 heterocycles. The molecule has 1 aromatic heterocycles. The fraction of sp³-hybridized carbons (Fsp3) is 0.357. The van der Waals surface area contributed by atoms with Gasteiger partial charge in [-0.2, -0.15) is 0 Å². The second kappa shape index (κ2) is 6.70. The Morgan fingerprint density at radius 3 is 2.90 bits per heavy atom. The van der Waals surface area contributed by atoms with Crippen LogP contribution in [-0.2, 0) is 10.0 Å². The van der Waals surface area contributed by atoms with Crippen LogP contribution in [0, 0.1) is 0 Å². The molecule has 0 aliphatic carbocycles. The van der Waals surface area contributed by atoms with Crippen molar-refractivity contribution < 1.29 is 8.42 Å². The molecule has 0 amide bonds. The summed E-state index contributed by atoms with van der Waals surface area (Å²) in [6.45, 7) is 1.39. The van der Waals surface area contributed by atoms with Crippen molar-refractivity contribution in [3.05, 3.63) is 36.5 Å². The Balaban J connectivity index is 0.00000161. The maximum absolute atomic E-state index is 12.4. The van der Waals surface area contributed by atoms with Gasteiger partial charge in [-0.3, -0.25) is 4.98 Å². The molecule has 0 spiro atoms. The Kier molecular flexibility index (Phi) is 5.16. The van der Waals surface area contributed by atoms with Crippen LogP contribution in [0.5, 0.6) is 0 Å². The normalized spacial score (nSPS) is 18.6. The smallest absolute Gasteiger partial charge is 0.241 e. The van der Waals surface area contributed by atoms with E-state index in [1.54, 1.807) is 30.5 Å². The van der Waals surface area contributed by atoms with Gasteiger partial charge < -0.3 is 5.32 Å². The molecule has 1 fully saturated rings. The van der Waals surface area contributed by atoms with Gasteiger partial charge in [0.15, 0.2) is 0 Å². The van der Waals surface area contributed by atoms with Crippen molar-refractivity contribution in [1.29, 1.82) is 0 Å². The second-order valence-electron chi connectivity index (χ2n) is 4.97. The number of rotatable bonds is 4. The lowest BCUT2D eigenvalue weighted by Crippen LogP contribution is -2.37. The summed E-state index contributed by atoms with van der Waals surface area (Å²) in [5, 5.41) is 3.93. The van der Waals surface area contributed by atoms with Crippen molar-refractivity contribution in [2.24, 2.45) is 0 Å². The number of benzene rings is 1. The van der Waals surface area contributed by atoms with Crippen molar-refractivity contribution in [3.8, 4) is 0 Å². The molecule has 1 saturated heterocycles. The first kappa shape index (κ1) is 16.2. The van der Waals surface area contributed by atoms with E-state index in [1.807, 2.05) is 6.07 Å². The molecule has 0 radical (unpaired) electrons. The molecule has 1 unspecified atom stereocenters. The van der Waals surface area contributed by atoms with Crippen LogP contribution in [0.25, 0.3) is 10.9 Å². The predicted octanol–water partition coefficient (Wildman–Crippen LogP) is 1.69. The first-order chi connectivity index (χ1) is 9.67. The Hall–Kier alpha value is -1.21. The molecular formula is C14H18ClN3O2S. The molecule has 2 aromatic rings. The van der Waals surface area contributed by atoms with Crippen LogP contribution in [0.1, 0.15) is 12.8 Å². The van der Waals surface area contributed by atoms with E-state index in [2.05, 4.69) is 15.0 Å². The summed E-state index contributed by atoms with van der Waals surface area (Å²) in [5.41, 5.74) is 0.689. The first-order valence-electron chi connectivity index (χ1n) is 6.74. The standard InChI is InChI=1S/C14H17N3O2S.ClH/c18-20(19,17-10-11-4-2-8-15-11)14-7-1-6-13-12(14)5-3-9-16-13;/h1,3,5-7,9,11,15,17H,2,4,8,10H2;1H. The summed E-state index contributed by atoms with van der Waals surface area (Å²) in [6, 6.07) is 8.92. The maximum Gasteiger partial charge on any atom is 0.241 e. The Bertz CT molecular complexity index is 710. The zero-order chi connectivity index (χ0) is 14.0. The molecule has 0 bridgehead atoms. The minimum Gasteiger partial charge on any atom is -0.313 e. The number of sulfonamides is 1. The van der Waals surface area contributed by atoms with E-state index in [0.717, 1.165) is 19.4 Å². The molecular weight excluding hydrogens is 310 g/mol. The number of fused-ring (bicyclic) bond motifs is 1. The highest BCUT2D eigenvalue weighted by Gasteiger charge is 2.20. The number of hydrogen-bond acceptors (Lipinski definition) is 4. The van der Waals surface area contributed by atoms with E-state index in [-0.39, 0.29) is 18.4 Å². The number of nitrogens with one attached hydrogen (secondary N) is 2. The molecule has 5 nitrogen and oxygen atoms in total. The van der Waals surface area contributed by atoms with E-state index in [0.29, 0.717) is 22.3 Å². The second-order valence-corrected chi connectivity index (χ2v) is 6.71. The monoisotopic (exact) mass is 327 g/mol. The van der Waals surface area contributed by atoms with Gasteiger partial charge in [0.1, 0.15) is 0 Å². The molecule has 7 heteroatoms.